The molecule has 0 fully saturated rings. The molecule has 0 bridgehead atoms. The maximum atomic E-state index is 11.9. The predicted octanol–water partition coefficient (Wildman–Crippen LogP) is 3.08. The van der Waals surface area contributed by atoms with Gasteiger partial charge in [-0.05, 0) is 38.1 Å². The Labute approximate surface area is 135 Å². The Balaban J connectivity index is 1.61. The maximum absolute atomic E-state index is 11.9. The average molecular weight is 337 g/mol. The molecule has 22 heavy (non-hydrogen) atoms. The van der Waals surface area contributed by atoms with Crippen molar-refractivity contribution in [2.45, 2.75) is 13.8 Å². The van der Waals surface area contributed by atoms with Crippen LogP contribution in [0.1, 0.15) is 10.6 Å². The number of fused-ring (bicyclic) bond motifs is 1. The molecule has 0 aliphatic carbocycles. The number of aryl methyl sites for hydroxylation is 2. The van der Waals surface area contributed by atoms with Crippen LogP contribution in [0.3, 0.4) is 0 Å². The second-order valence-electron chi connectivity index (χ2n) is 4.66. The highest BCUT2D eigenvalue weighted by Crippen LogP contribution is 2.21. The van der Waals surface area contributed by atoms with Crippen LogP contribution in [0.2, 0.25) is 5.02 Å². The first-order chi connectivity index (χ1) is 10.5. The summed E-state index contributed by atoms with van der Waals surface area (Å²) in [7, 11) is 0. The molecule has 8 heteroatoms. The molecule has 0 saturated heterocycles. The summed E-state index contributed by atoms with van der Waals surface area (Å²) in [5.41, 5.74) is 1.02. The van der Waals surface area contributed by atoms with Gasteiger partial charge in [0.25, 0.3) is 11.9 Å². The summed E-state index contributed by atoms with van der Waals surface area (Å²) in [4.78, 5) is 18.0. The number of hydrogen-bond acceptors (Lipinski definition) is 5. The van der Waals surface area contributed by atoms with E-state index in [4.69, 9.17) is 16.3 Å². The zero-order chi connectivity index (χ0) is 15.7. The first-order valence-corrected chi connectivity index (χ1v) is 7.73. The molecule has 1 aromatic carbocycles. The van der Waals surface area contributed by atoms with Crippen molar-refractivity contribution in [3.8, 4) is 5.75 Å². The van der Waals surface area contributed by atoms with E-state index in [0.29, 0.717) is 10.8 Å². The summed E-state index contributed by atoms with van der Waals surface area (Å²) in [6.45, 7) is 3.85. The van der Waals surface area contributed by atoms with Crippen LogP contribution in [0.15, 0.2) is 24.3 Å². The minimum atomic E-state index is -0.317. The van der Waals surface area contributed by atoms with Gasteiger partial charge >= 0.3 is 0 Å². The van der Waals surface area contributed by atoms with Crippen molar-refractivity contribution >= 4 is 39.8 Å². The highest BCUT2D eigenvalue weighted by atomic mass is 35.5. The van der Waals surface area contributed by atoms with Crippen molar-refractivity contribution in [3.05, 3.63) is 39.9 Å². The third-order valence-electron chi connectivity index (χ3n) is 3.08. The van der Waals surface area contributed by atoms with Crippen LogP contribution in [0.5, 0.6) is 5.75 Å². The SMILES string of the molecule is Cc1sc2nc(NC(=O)COc3ccc(Cl)cc3)nn2c1C. The lowest BCUT2D eigenvalue weighted by molar-refractivity contribution is -0.118. The fourth-order valence-corrected chi connectivity index (χ4v) is 2.87. The van der Waals surface area contributed by atoms with Gasteiger partial charge in [0.1, 0.15) is 5.75 Å². The monoisotopic (exact) mass is 336 g/mol. The van der Waals surface area contributed by atoms with Gasteiger partial charge in [-0.15, -0.1) is 5.10 Å². The average Bonchev–Trinajstić information content (AvgIpc) is 2.98. The Hall–Kier alpha value is -2.12. The molecule has 3 rings (SSSR count). The molecule has 0 aliphatic rings. The second kappa shape index (κ2) is 5.94. The van der Waals surface area contributed by atoms with E-state index in [2.05, 4.69) is 15.4 Å². The zero-order valence-corrected chi connectivity index (χ0v) is 13.5. The van der Waals surface area contributed by atoms with Gasteiger partial charge in [0.2, 0.25) is 4.96 Å². The minimum Gasteiger partial charge on any atom is -0.484 e. The molecule has 0 aliphatic heterocycles. The number of nitrogens with zero attached hydrogens (tertiary/aromatic N) is 3. The fraction of sp³-hybridized carbons (Fsp3) is 0.214. The maximum Gasteiger partial charge on any atom is 0.264 e. The van der Waals surface area contributed by atoms with E-state index in [0.717, 1.165) is 15.5 Å². The first kappa shape index (κ1) is 14.8. The molecule has 2 aromatic heterocycles. The molecule has 2 heterocycles. The molecule has 0 spiro atoms. The molecule has 6 nitrogen and oxygen atoms in total. The van der Waals surface area contributed by atoms with Crippen molar-refractivity contribution < 1.29 is 9.53 Å². The van der Waals surface area contributed by atoms with Crippen molar-refractivity contribution in [1.29, 1.82) is 0 Å². The van der Waals surface area contributed by atoms with Crippen molar-refractivity contribution in [1.82, 2.24) is 14.6 Å². The van der Waals surface area contributed by atoms with Gasteiger partial charge < -0.3 is 4.74 Å². The Morgan fingerprint density at radius 2 is 2.09 bits per heavy atom. The fourth-order valence-electron chi connectivity index (χ4n) is 1.84. The molecule has 1 N–H and O–H groups in total. The zero-order valence-electron chi connectivity index (χ0n) is 12.0. The topological polar surface area (TPSA) is 68.5 Å². The van der Waals surface area contributed by atoms with Crippen LogP contribution < -0.4 is 10.1 Å². The number of amides is 1. The molecule has 0 saturated carbocycles. The highest BCUT2D eigenvalue weighted by molar-refractivity contribution is 7.17. The number of ether oxygens (including phenoxy) is 1. The number of carbonyl (C=O) groups excluding carboxylic acids is 1. The van der Waals surface area contributed by atoms with Crippen LogP contribution >= 0.6 is 22.9 Å². The lowest BCUT2D eigenvalue weighted by Crippen LogP contribution is -2.20. The quantitative estimate of drug-likeness (QED) is 0.795. The number of carbonyl (C=O) groups is 1. The number of benzene rings is 1. The smallest absolute Gasteiger partial charge is 0.264 e. The van der Waals surface area contributed by atoms with E-state index in [-0.39, 0.29) is 18.5 Å². The van der Waals surface area contributed by atoms with Crippen molar-refractivity contribution in [2.24, 2.45) is 0 Å². The van der Waals surface area contributed by atoms with E-state index in [1.165, 1.54) is 11.3 Å². The first-order valence-electron chi connectivity index (χ1n) is 6.54. The van der Waals surface area contributed by atoms with E-state index >= 15 is 0 Å². The summed E-state index contributed by atoms with van der Waals surface area (Å²) in [5, 5.41) is 7.49. The summed E-state index contributed by atoms with van der Waals surface area (Å²) in [5.74, 6) is 0.534. The highest BCUT2D eigenvalue weighted by Gasteiger charge is 2.12. The largest absolute Gasteiger partial charge is 0.484 e. The van der Waals surface area contributed by atoms with Crippen LogP contribution in [-0.2, 0) is 4.79 Å². The Morgan fingerprint density at radius 1 is 1.36 bits per heavy atom. The van der Waals surface area contributed by atoms with Gasteiger partial charge in [-0.2, -0.15) is 4.98 Å². The Morgan fingerprint density at radius 3 is 2.77 bits per heavy atom. The Kier molecular flexibility index (Phi) is 4.00. The number of nitrogens with one attached hydrogen (secondary N) is 1. The second-order valence-corrected chi connectivity index (χ2v) is 6.28. The summed E-state index contributed by atoms with van der Waals surface area (Å²) in [6.07, 6.45) is 0. The van der Waals surface area contributed by atoms with Crippen LogP contribution in [0.4, 0.5) is 5.95 Å². The normalized spacial score (nSPS) is 10.9. The van der Waals surface area contributed by atoms with Crippen molar-refractivity contribution in [3.63, 3.8) is 0 Å². The molecule has 0 atom stereocenters. The van der Waals surface area contributed by atoms with Gasteiger partial charge in [-0.1, -0.05) is 22.9 Å². The molecule has 114 valence electrons. The number of aromatic nitrogens is 3. The van der Waals surface area contributed by atoms with Gasteiger partial charge in [-0.3, -0.25) is 10.1 Å². The Bertz CT molecular complexity index is 825. The van der Waals surface area contributed by atoms with Crippen molar-refractivity contribution in [2.75, 3.05) is 11.9 Å². The third-order valence-corrected chi connectivity index (χ3v) is 4.38. The number of halogens is 1. The predicted molar refractivity (Wildman–Crippen MR) is 85.9 cm³/mol. The standard InChI is InChI=1S/C14H13ClN4O2S/c1-8-9(2)22-14-17-13(18-19(8)14)16-12(20)7-21-11-5-3-10(15)4-6-11/h3-6H,7H2,1-2H3,(H,16,18,20). The molecule has 0 unspecified atom stereocenters. The lowest BCUT2D eigenvalue weighted by atomic mass is 10.3. The summed E-state index contributed by atoms with van der Waals surface area (Å²) >= 11 is 7.31. The number of anilines is 1. The van der Waals surface area contributed by atoms with Crippen LogP contribution in [0, 0.1) is 13.8 Å². The van der Waals surface area contributed by atoms with Crippen LogP contribution in [0.25, 0.3) is 4.96 Å². The molecule has 1 amide bonds. The van der Waals surface area contributed by atoms with E-state index in [1.54, 1.807) is 28.8 Å². The summed E-state index contributed by atoms with van der Waals surface area (Å²) < 4.78 is 7.08. The number of hydrogen-bond donors (Lipinski definition) is 1. The minimum absolute atomic E-state index is 0.119. The summed E-state index contributed by atoms with van der Waals surface area (Å²) in [6, 6.07) is 6.80. The van der Waals surface area contributed by atoms with E-state index < -0.39 is 0 Å². The van der Waals surface area contributed by atoms with Gasteiger partial charge in [0, 0.05) is 9.90 Å². The van der Waals surface area contributed by atoms with Gasteiger partial charge in [0.05, 0.1) is 5.69 Å². The molecule has 3 aromatic rings. The lowest BCUT2D eigenvalue weighted by Gasteiger charge is -2.05. The van der Waals surface area contributed by atoms with E-state index in [9.17, 15) is 4.79 Å². The number of thiazole rings is 1. The molecular formula is C14H13ClN4O2S. The molecular weight excluding hydrogens is 324 g/mol. The number of rotatable bonds is 4. The van der Waals surface area contributed by atoms with Gasteiger partial charge in [-0.25, -0.2) is 4.52 Å². The van der Waals surface area contributed by atoms with E-state index in [1.807, 2.05) is 13.8 Å². The van der Waals surface area contributed by atoms with Gasteiger partial charge in [0.15, 0.2) is 6.61 Å². The van der Waals surface area contributed by atoms with Crippen LogP contribution in [-0.4, -0.2) is 27.1 Å². The third kappa shape index (κ3) is 3.05. The molecule has 0 radical (unpaired) electrons.